The minimum Gasteiger partial charge on any atom is -0.390 e. The highest BCUT2D eigenvalue weighted by molar-refractivity contribution is 5.22. The second kappa shape index (κ2) is 6.35. The summed E-state index contributed by atoms with van der Waals surface area (Å²) in [6, 6.07) is 8.17. The Morgan fingerprint density at radius 1 is 1.06 bits per heavy atom. The van der Waals surface area contributed by atoms with Gasteiger partial charge in [-0.15, -0.1) is 0 Å². The van der Waals surface area contributed by atoms with Crippen molar-refractivity contribution < 1.29 is 10.2 Å². The highest BCUT2D eigenvalue weighted by Crippen LogP contribution is 2.28. The molecule has 2 heteroatoms. The fraction of sp³-hybridized carbons (Fsp3) is 0.625. The van der Waals surface area contributed by atoms with Crippen molar-refractivity contribution in [1.29, 1.82) is 0 Å². The van der Waals surface area contributed by atoms with Crippen molar-refractivity contribution in [3.8, 4) is 0 Å². The van der Waals surface area contributed by atoms with Gasteiger partial charge in [-0.2, -0.15) is 0 Å². The first-order valence-corrected chi connectivity index (χ1v) is 7.08. The third kappa shape index (κ3) is 3.56. The lowest BCUT2D eigenvalue weighted by molar-refractivity contribution is -0.0263. The van der Waals surface area contributed by atoms with Gasteiger partial charge in [0.25, 0.3) is 0 Å². The van der Waals surface area contributed by atoms with Crippen LogP contribution in [-0.2, 0) is 6.42 Å². The lowest BCUT2D eigenvalue weighted by Crippen LogP contribution is -2.36. The minimum absolute atomic E-state index is 0.291. The number of aryl methyl sites for hydroxylation is 1. The molecule has 0 aromatic heterocycles. The van der Waals surface area contributed by atoms with Crippen molar-refractivity contribution in [3.63, 3.8) is 0 Å². The number of aliphatic hydroxyl groups is 2. The van der Waals surface area contributed by atoms with Crippen molar-refractivity contribution in [3.05, 3.63) is 35.4 Å². The summed E-state index contributed by atoms with van der Waals surface area (Å²) in [7, 11) is 0. The van der Waals surface area contributed by atoms with E-state index in [1.165, 1.54) is 24.8 Å². The molecule has 18 heavy (non-hydrogen) atoms. The van der Waals surface area contributed by atoms with Crippen LogP contribution in [0.25, 0.3) is 0 Å². The van der Waals surface area contributed by atoms with E-state index >= 15 is 0 Å². The predicted octanol–water partition coefficient (Wildman–Crippen LogP) is 2.84. The second-order valence-corrected chi connectivity index (χ2v) is 5.65. The smallest absolute Gasteiger partial charge is 0.0842 e. The van der Waals surface area contributed by atoms with E-state index in [1.807, 2.05) is 12.1 Å². The quantitative estimate of drug-likeness (QED) is 0.860. The van der Waals surface area contributed by atoms with Crippen LogP contribution in [0.2, 0.25) is 0 Å². The summed E-state index contributed by atoms with van der Waals surface area (Å²) >= 11 is 0. The molecule has 0 spiro atoms. The summed E-state index contributed by atoms with van der Waals surface area (Å²) in [6.45, 7) is 2.05. The fourth-order valence-electron chi connectivity index (χ4n) is 2.88. The average Bonchev–Trinajstić information content (AvgIpc) is 2.41. The van der Waals surface area contributed by atoms with Crippen LogP contribution in [0.5, 0.6) is 0 Å². The normalized spacial score (nSPS) is 20.6. The lowest BCUT2D eigenvalue weighted by Gasteiger charge is -2.29. The van der Waals surface area contributed by atoms with Crippen LogP contribution in [0.1, 0.15) is 43.2 Å². The fourth-order valence-corrected chi connectivity index (χ4v) is 2.88. The van der Waals surface area contributed by atoms with Gasteiger partial charge >= 0.3 is 0 Å². The molecule has 2 rings (SSSR count). The highest BCUT2D eigenvalue weighted by Gasteiger charge is 2.27. The molecule has 0 radical (unpaired) electrons. The number of hydrogen-bond donors (Lipinski definition) is 2. The Kier molecular flexibility index (Phi) is 4.79. The Balaban J connectivity index is 1.89. The van der Waals surface area contributed by atoms with E-state index < -0.39 is 12.2 Å². The van der Waals surface area contributed by atoms with Gasteiger partial charge in [0.1, 0.15) is 0 Å². The molecule has 1 fully saturated rings. The van der Waals surface area contributed by atoms with Gasteiger partial charge in [0.2, 0.25) is 0 Å². The third-order valence-electron chi connectivity index (χ3n) is 4.09. The first-order chi connectivity index (χ1) is 8.66. The van der Waals surface area contributed by atoms with Crippen LogP contribution in [0.4, 0.5) is 0 Å². The first-order valence-electron chi connectivity index (χ1n) is 7.08. The van der Waals surface area contributed by atoms with Gasteiger partial charge in [-0.1, -0.05) is 49.1 Å². The van der Waals surface area contributed by atoms with Crippen LogP contribution in [0.3, 0.4) is 0 Å². The summed E-state index contributed by atoms with van der Waals surface area (Å²) in [5.41, 5.74) is 2.32. The van der Waals surface area contributed by atoms with Crippen molar-refractivity contribution >= 4 is 0 Å². The molecule has 100 valence electrons. The topological polar surface area (TPSA) is 40.5 Å². The molecule has 0 saturated heterocycles. The van der Waals surface area contributed by atoms with Crippen molar-refractivity contribution in [1.82, 2.24) is 0 Å². The molecule has 1 aromatic carbocycles. The van der Waals surface area contributed by atoms with Gasteiger partial charge in [0.15, 0.2) is 0 Å². The zero-order chi connectivity index (χ0) is 13.0. The molecule has 1 aliphatic rings. The molecular weight excluding hydrogens is 224 g/mol. The van der Waals surface area contributed by atoms with Gasteiger partial charge in [0.05, 0.1) is 12.2 Å². The maximum Gasteiger partial charge on any atom is 0.0842 e. The van der Waals surface area contributed by atoms with Gasteiger partial charge < -0.3 is 10.2 Å². The summed E-state index contributed by atoms with van der Waals surface area (Å²) in [5.74, 6) is 0.291. The number of benzene rings is 1. The van der Waals surface area contributed by atoms with Crippen LogP contribution < -0.4 is 0 Å². The van der Waals surface area contributed by atoms with Gasteiger partial charge in [-0.3, -0.25) is 0 Å². The molecule has 1 aromatic rings. The highest BCUT2D eigenvalue weighted by atomic mass is 16.3. The van der Waals surface area contributed by atoms with Gasteiger partial charge in [-0.05, 0) is 31.2 Å². The van der Waals surface area contributed by atoms with Crippen molar-refractivity contribution in [2.75, 3.05) is 0 Å². The number of rotatable bonds is 4. The summed E-state index contributed by atoms with van der Waals surface area (Å²) in [4.78, 5) is 0. The molecule has 2 unspecified atom stereocenters. The molecule has 0 amide bonds. The molecule has 2 atom stereocenters. The second-order valence-electron chi connectivity index (χ2n) is 5.65. The van der Waals surface area contributed by atoms with E-state index in [2.05, 4.69) is 19.1 Å². The minimum atomic E-state index is -0.629. The van der Waals surface area contributed by atoms with E-state index in [1.54, 1.807) is 0 Å². The molecular formula is C16H24O2. The Hall–Kier alpha value is -0.860. The van der Waals surface area contributed by atoms with E-state index in [0.717, 1.165) is 18.4 Å². The Morgan fingerprint density at radius 2 is 1.67 bits per heavy atom. The van der Waals surface area contributed by atoms with E-state index in [4.69, 9.17) is 0 Å². The molecule has 0 bridgehead atoms. The van der Waals surface area contributed by atoms with E-state index in [9.17, 15) is 10.2 Å². The molecule has 2 N–H and O–H groups in total. The van der Waals surface area contributed by atoms with Gasteiger partial charge in [-0.25, -0.2) is 0 Å². The Morgan fingerprint density at radius 3 is 2.28 bits per heavy atom. The number of aliphatic hydroxyl groups excluding tert-OH is 2. The van der Waals surface area contributed by atoms with E-state index in [-0.39, 0.29) is 0 Å². The zero-order valence-electron chi connectivity index (χ0n) is 11.2. The largest absolute Gasteiger partial charge is 0.390 e. The van der Waals surface area contributed by atoms with Crippen LogP contribution >= 0.6 is 0 Å². The average molecular weight is 248 g/mol. The molecule has 0 aliphatic heterocycles. The van der Waals surface area contributed by atoms with Crippen LogP contribution in [0, 0.1) is 12.8 Å². The number of hydrogen-bond acceptors (Lipinski definition) is 2. The third-order valence-corrected chi connectivity index (χ3v) is 4.09. The van der Waals surface area contributed by atoms with Crippen LogP contribution in [-0.4, -0.2) is 22.4 Å². The maximum absolute atomic E-state index is 10.2. The Bertz CT molecular complexity index is 352. The monoisotopic (exact) mass is 248 g/mol. The molecule has 0 heterocycles. The molecule has 2 nitrogen and oxygen atoms in total. The predicted molar refractivity (Wildman–Crippen MR) is 73.5 cm³/mol. The van der Waals surface area contributed by atoms with Crippen LogP contribution in [0.15, 0.2) is 24.3 Å². The lowest BCUT2D eigenvalue weighted by atomic mass is 9.82. The van der Waals surface area contributed by atoms with Crippen molar-refractivity contribution in [2.24, 2.45) is 5.92 Å². The standard InChI is InChI=1S/C16H24O2/c1-12-7-9-13(10-8-12)11-15(17)16(18)14-5-3-2-4-6-14/h7-10,14-18H,2-6,11H2,1H3. The first kappa shape index (κ1) is 13.6. The van der Waals surface area contributed by atoms with Crippen molar-refractivity contribution in [2.45, 2.75) is 57.7 Å². The molecule has 1 saturated carbocycles. The molecule has 1 aliphatic carbocycles. The summed E-state index contributed by atoms with van der Waals surface area (Å²) in [5, 5.41) is 20.4. The van der Waals surface area contributed by atoms with E-state index in [0.29, 0.717) is 12.3 Å². The maximum atomic E-state index is 10.2. The zero-order valence-corrected chi connectivity index (χ0v) is 11.2. The van der Waals surface area contributed by atoms with Gasteiger partial charge in [0, 0.05) is 6.42 Å². The summed E-state index contributed by atoms with van der Waals surface area (Å²) in [6.07, 6.45) is 5.15. The summed E-state index contributed by atoms with van der Waals surface area (Å²) < 4.78 is 0. The SMILES string of the molecule is Cc1ccc(CC(O)C(O)C2CCCCC2)cc1. The Labute approximate surface area is 110 Å².